The van der Waals surface area contributed by atoms with Gasteiger partial charge in [-0.1, -0.05) is 140 Å². The molecule has 0 radical (unpaired) electrons. The van der Waals surface area contributed by atoms with Crippen molar-refractivity contribution in [2.24, 2.45) is 0 Å². The number of benzene rings is 9. The van der Waals surface area contributed by atoms with E-state index in [1.165, 1.54) is 66.3 Å². The third kappa shape index (κ3) is 4.07. The maximum Gasteiger partial charge on any atom is 0.137 e. The quantitative estimate of drug-likeness (QED) is 0.179. The van der Waals surface area contributed by atoms with Crippen LogP contribution in [0, 0.1) is 0 Å². The highest BCUT2D eigenvalue weighted by Gasteiger charge is 2.51. The zero-order valence-electron chi connectivity index (χ0n) is 31.4. The Labute approximate surface area is 335 Å². The van der Waals surface area contributed by atoms with E-state index in [0.29, 0.717) is 0 Å². The summed E-state index contributed by atoms with van der Waals surface area (Å²) < 4.78 is 9.20. The van der Waals surface area contributed by atoms with Crippen LogP contribution >= 0.6 is 0 Å². The molecule has 0 saturated heterocycles. The van der Waals surface area contributed by atoms with Crippen molar-refractivity contribution in [1.82, 2.24) is 4.57 Å². The third-order valence-corrected chi connectivity index (χ3v) is 12.8. The molecule has 0 N–H and O–H groups in total. The summed E-state index contributed by atoms with van der Waals surface area (Å²) in [6, 6.07) is 75.3. The first-order chi connectivity index (χ1) is 28.8. The van der Waals surface area contributed by atoms with Gasteiger partial charge in [-0.25, -0.2) is 0 Å². The van der Waals surface area contributed by atoms with Crippen molar-refractivity contribution in [2.45, 2.75) is 5.41 Å². The number of furan rings is 1. The van der Waals surface area contributed by atoms with E-state index in [2.05, 4.69) is 216 Å². The molecule has 58 heavy (non-hydrogen) atoms. The van der Waals surface area contributed by atoms with Gasteiger partial charge in [0.25, 0.3) is 0 Å². The third-order valence-electron chi connectivity index (χ3n) is 12.8. The Morgan fingerprint density at radius 3 is 1.55 bits per heavy atom. The fourth-order valence-corrected chi connectivity index (χ4v) is 10.5. The number of hydrogen-bond donors (Lipinski definition) is 0. The van der Waals surface area contributed by atoms with Crippen LogP contribution in [0.2, 0.25) is 0 Å². The van der Waals surface area contributed by atoms with E-state index in [-0.39, 0.29) is 0 Å². The van der Waals surface area contributed by atoms with Gasteiger partial charge in [-0.15, -0.1) is 0 Å². The van der Waals surface area contributed by atoms with Crippen molar-refractivity contribution < 1.29 is 4.42 Å². The smallest absolute Gasteiger partial charge is 0.137 e. The van der Waals surface area contributed by atoms with E-state index in [1.54, 1.807) is 0 Å². The van der Waals surface area contributed by atoms with Crippen molar-refractivity contribution in [1.29, 1.82) is 0 Å². The van der Waals surface area contributed by atoms with E-state index >= 15 is 0 Å². The van der Waals surface area contributed by atoms with Crippen molar-refractivity contribution in [3.8, 4) is 27.9 Å². The van der Waals surface area contributed by atoms with Crippen LogP contribution in [0.25, 0.3) is 71.7 Å². The summed E-state index contributed by atoms with van der Waals surface area (Å²) in [6.45, 7) is 0. The van der Waals surface area contributed by atoms with Gasteiger partial charge in [0.2, 0.25) is 0 Å². The molecule has 270 valence electrons. The van der Waals surface area contributed by atoms with Gasteiger partial charge >= 0.3 is 0 Å². The molecule has 0 amide bonds. The van der Waals surface area contributed by atoms with E-state index in [9.17, 15) is 0 Å². The second-order valence-electron chi connectivity index (χ2n) is 15.6. The van der Waals surface area contributed by atoms with Crippen LogP contribution in [-0.4, -0.2) is 4.57 Å². The Balaban J connectivity index is 1.03. The SMILES string of the molecule is c1ccc(N(c2ccc3c(c2)C2(c4ccccc4-c4ccccc42)c2ccccc2-3)c2ccc3c(c2)oc2cccc(-n4c5ccccc5c5ccccc54)c23)cc1. The lowest BCUT2D eigenvalue weighted by Crippen LogP contribution is -2.26. The number of anilines is 3. The van der Waals surface area contributed by atoms with Crippen LogP contribution in [0.3, 0.4) is 0 Å². The molecule has 9 aromatic carbocycles. The summed E-state index contributed by atoms with van der Waals surface area (Å²) in [7, 11) is 0. The highest BCUT2D eigenvalue weighted by molar-refractivity contribution is 6.15. The summed E-state index contributed by atoms with van der Waals surface area (Å²) in [5.74, 6) is 0. The molecular formula is C55H34N2O. The second-order valence-corrected chi connectivity index (χ2v) is 15.6. The Kier molecular flexibility index (Phi) is 6.37. The van der Waals surface area contributed by atoms with Crippen molar-refractivity contribution in [3.63, 3.8) is 0 Å². The molecule has 0 saturated carbocycles. The number of rotatable bonds is 4. The van der Waals surface area contributed by atoms with E-state index in [1.807, 2.05) is 0 Å². The first kappa shape index (κ1) is 31.6. The maximum atomic E-state index is 6.81. The van der Waals surface area contributed by atoms with Crippen LogP contribution in [0.1, 0.15) is 22.3 Å². The molecule has 0 atom stereocenters. The summed E-state index contributed by atoms with van der Waals surface area (Å²) in [5, 5.41) is 4.68. The van der Waals surface area contributed by atoms with Gasteiger partial charge in [0, 0.05) is 39.3 Å². The lowest BCUT2D eigenvalue weighted by atomic mass is 9.70. The fourth-order valence-electron chi connectivity index (χ4n) is 10.5. The Hall–Kier alpha value is -7.62. The molecule has 1 spiro atoms. The molecule has 3 heteroatoms. The molecule has 11 aromatic rings. The predicted molar refractivity (Wildman–Crippen MR) is 239 cm³/mol. The van der Waals surface area contributed by atoms with Crippen molar-refractivity contribution in [3.05, 3.63) is 229 Å². The minimum atomic E-state index is -0.427. The number of aromatic nitrogens is 1. The van der Waals surface area contributed by atoms with Gasteiger partial charge in [0.05, 0.1) is 27.5 Å². The van der Waals surface area contributed by atoms with Gasteiger partial charge in [0.15, 0.2) is 0 Å². The van der Waals surface area contributed by atoms with Crippen molar-refractivity contribution in [2.75, 3.05) is 4.90 Å². The van der Waals surface area contributed by atoms with Gasteiger partial charge in [-0.05, 0) is 105 Å². The molecule has 0 fully saturated rings. The molecule has 2 aromatic heterocycles. The number of para-hydroxylation sites is 3. The van der Waals surface area contributed by atoms with Crippen molar-refractivity contribution >= 4 is 60.8 Å². The lowest BCUT2D eigenvalue weighted by Gasteiger charge is -2.32. The van der Waals surface area contributed by atoms with Gasteiger partial charge < -0.3 is 13.9 Å². The molecule has 13 rings (SSSR count). The molecule has 2 aliphatic rings. The highest BCUT2D eigenvalue weighted by atomic mass is 16.3. The highest BCUT2D eigenvalue weighted by Crippen LogP contribution is 2.63. The average molecular weight is 739 g/mol. The minimum absolute atomic E-state index is 0.427. The zero-order valence-corrected chi connectivity index (χ0v) is 31.4. The fraction of sp³-hybridized carbons (Fsp3) is 0.0182. The molecular weight excluding hydrogens is 705 g/mol. The number of hydrogen-bond acceptors (Lipinski definition) is 2. The maximum absolute atomic E-state index is 6.81. The molecule has 0 bridgehead atoms. The van der Waals surface area contributed by atoms with Crippen LogP contribution in [0.4, 0.5) is 17.1 Å². The molecule has 3 nitrogen and oxygen atoms in total. The normalized spacial score (nSPS) is 13.3. The van der Waals surface area contributed by atoms with Crippen LogP contribution in [0.15, 0.2) is 211 Å². The molecule has 0 unspecified atom stereocenters. The summed E-state index contributed by atoms with van der Waals surface area (Å²) in [4.78, 5) is 2.38. The first-order valence-electron chi connectivity index (χ1n) is 20.0. The first-order valence-corrected chi connectivity index (χ1v) is 20.0. The number of nitrogens with zero attached hydrogens (tertiary/aromatic N) is 2. The summed E-state index contributed by atoms with van der Waals surface area (Å²) in [5.41, 5.74) is 18.5. The van der Waals surface area contributed by atoms with Crippen LogP contribution < -0.4 is 4.90 Å². The van der Waals surface area contributed by atoms with Gasteiger partial charge in [0.1, 0.15) is 11.2 Å². The monoisotopic (exact) mass is 738 g/mol. The topological polar surface area (TPSA) is 21.3 Å². The lowest BCUT2D eigenvalue weighted by molar-refractivity contribution is 0.669. The predicted octanol–water partition coefficient (Wildman–Crippen LogP) is 14.5. The zero-order chi connectivity index (χ0) is 38.0. The van der Waals surface area contributed by atoms with Crippen LogP contribution in [0.5, 0.6) is 0 Å². The van der Waals surface area contributed by atoms with Gasteiger partial charge in [-0.3, -0.25) is 0 Å². The Morgan fingerprint density at radius 1 is 0.362 bits per heavy atom. The second kappa shape index (κ2) is 11.7. The molecule has 0 aliphatic heterocycles. The Bertz CT molecular complexity index is 3360. The van der Waals surface area contributed by atoms with E-state index in [4.69, 9.17) is 4.42 Å². The van der Waals surface area contributed by atoms with E-state index in [0.717, 1.165) is 44.7 Å². The largest absolute Gasteiger partial charge is 0.456 e. The van der Waals surface area contributed by atoms with Gasteiger partial charge in [-0.2, -0.15) is 0 Å². The summed E-state index contributed by atoms with van der Waals surface area (Å²) in [6.07, 6.45) is 0. The minimum Gasteiger partial charge on any atom is -0.456 e. The summed E-state index contributed by atoms with van der Waals surface area (Å²) >= 11 is 0. The van der Waals surface area contributed by atoms with Crippen LogP contribution in [-0.2, 0) is 5.41 Å². The Morgan fingerprint density at radius 2 is 0.897 bits per heavy atom. The van der Waals surface area contributed by atoms with E-state index < -0.39 is 5.41 Å². The number of fused-ring (bicyclic) bond motifs is 16. The molecule has 2 heterocycles. The average Bonchev–Trinajstić information content (AvgIpc) is 4.00. The standard InChI is InChI=1S/C55H34N2O/c1-2-15-35(16-3-1)56(36-29-31-41-40-19-6-11-24-47(40)55(48(41)33-36)45-22-9-4-17-38(45)39-18-5-10-23-46(39)55)37-30-32-44-53(34-37)58-52-28-14-27-51(54(44)52)57-49-25-12-7-20-42(49)43-21-8-13-26-50(43)57/h1-34H. The molecule has 2 aliphatic carbocycles.